The highest BCUT2D eigenvalue weighted by Gasteiger charge is 2.16. The summed E-state index contributed by atoms with van der Waals surface area (Å²) in [6.07, 6.45) is 0.356. The number of aromatic nitrogens is 2. The third-order valence-corrected chi connectivity index (χ3v) is 4.81. The SMILES string of the molecule is Cc1nn(C)c(C)c1CC(=O)N[C@H](C)c1ccc(Cl)s1. The fourth-order valence-electron chi connectivity index (χ4n) is 2.16. The van der Waals surface area contributed by atoms with E-state index in [9.17, 15) is 4.79 Å². The Morgan fingerprint density at radius 3 is 2.70 bits per heavy atom. The number of halogens is 1. The van der Waals surface area contributed by atoms with Crippen molar-refractivity contribution < 1.29 is 4.79 Å². The van der Waals surface area contributed by atoms with Gasteiger partial charge < -0.3 is 5.32 Å². The molecule has 20 heavy (non-hydrogen) atoms. The maximum absolute atomic E-state index is 12.1. The molecular formula is C14H18ClN3OS. The molecule has 0 saturated carbocycles. The van der Waals surface area contributed by atoms with E-state index >= 15 is 0 Å². The van der Waals surface area contributed by atoms with Crippen molar-refractivity contribution in [2.45, 2.75) is 33.2 Å². The van der Waals surface area contributed by atoms with Gasteiger partial charge >= 0.3 is 0 Å². The number of carbonyl (C=O) groups is 1. The molecule has 6 heteroatoms. The summed E-state index contributed by atoms with van der Waals surface area (Å²) in [6.45, 7) is 5.87. The van der Waals surface area contributed by atoms with E-state index in [2.05, 4.69) is 10.4 Å². The largest absolute Gasteiger partial charge is 0.348 e. The molecule has 1 N–H and O–H groups in total. The third kappa shape index (κ3) is 3.22. The number of thiophene rings is 1. The summed E-state index contributed by atoms with van der Waals surface area (Å²) in [4.78, 5) is 13.2. The van der Waals surface area contributed by atoms with Crippen molar-refractivity contribution >= 4 is 28.8 Å². The molecule has 2 aromatic heterocycles. The van der Waals surface area contributed by atoms with Gasteiger partial charge in [0.1, 0.15) is 0 Å². The van der Waals surface area contributed by atoms with Crippen molar-refractivity contribution in [3.63, 3.8) is 0 Å². The van der Waals surface area contributed by atoms with Gasteiger partial charge in [0.05, 0.1) is 22.5 Å². The lowest BCUT2D eigenvalue weighted by atomic mass is 10.1. The molecule has 108 valence electrons. The van der Waals surface area contributed by atoms with Crippen LogP contribution in [-0.4, -0.2) is 15.7 Å². The van der Waals surface area contributed by atoms with Crippen LogP contribution in [0, 0.1) is 13.8 Å². The van der Waals surface area contributed by atoms with Gasteiger partial charge in [-0.15, -0.1) is 11.3 Å². The van der Waals surface area contributed by atoms with Crippen molar-refractivity contribution in [3.05, 3.63) is 38.3 Å². The van der Waals surface area contributed by atoms with Gasteiger partial charge in [0.15, 0.2) is 0 Å². The zero-order chi connectivity index (χ0) is 14.9. The predicted octanol–water partition coefficient (Wildman–Crippen LogP) is 3.17. The lowest BCUT2D eigenvalue weighted by molar-refractivity contribution is -0.121. The zero-order valence-corrected chi connectivity index (χ0v) is 13.6. The molecule has 0 spiro atoms. The molecule has 0 aromatic carbocycles. The first-order valence-corrected chi connectivity index (χ1v) is 7.61. The van der Waals surface area contributed by atoms with Gasteiger partial charge in [-0.1, -0.05) is 11.6 Å². The van der Waals surface area contributed by atoms with Crippen LogP contribution >= 0.6 is 22.9 Å². The minimum Gasteiger partial charge on any atom is -0.348 e. The molecule has 0 aliphatic rings. The first kappa shape index (κ1) is 15.1. The smallest absolute Gasteiger partial charge is 0.225 e. The summed E-state index contributed by atoms with van der Waals surface area (Å²) in [7, 11) is 1.89. The zero-order valence-electron chi connectivity index (χ0n) is 12.0. The van der Waals surface area contributed by atoms with Crippen LogP contribution in [0.1, 0.15) is 34.8 Å². The van der Waals surface area contributed by atoms with Gasteiger partial charge in [0.2, 0.25) is 5.91 Å². The van der Waals surface area contributed by atoms with Gasteiger partial charge in [-0.3, -0.25) is 9.48 Å². The van der Waals surface area contributed by atoms with Crippen LogP contribution in [0.2, 0.25) is 4.34 Å². The molecule has 0 bridgehead atoms. The van der Waals surface area contributed by atoms with Crippen molar-refractivity contribution in [2.75, 3.05) is 0 Å². The number of carbonyl (C=O) groups excluding carboxylic acids is 1. The molecule has 0 unspecified atom stereocenters. The molecule has 1 atom stereocenters. The summed E-state index contributed by atoms with van der Waals surface area (Å²) in [5.74, 6) is 0.00113. The Balaban J connectivity index is 2.02. The van der Waals surface area contributed by atoms with Crippen LogP contribution in [0.4, 0.5) is 0 Å². The highest BCUT2D eigenvalue weighted by atomic mass is 35.5. The van der Waals surface area contributed by atoms with E-state index in [1.165, 1.54) is 11.3 Å². The molecule has 2 aromatic rings. The summed E-state index contributed by atoms with van der Waals surface area (Å²) >= 11 is 7.40. The average Bonchev–Trinajstić information content (AvgIpc) is 2.89. The number of hydrogen-bond acceptors (Lipinski definition) is 3. The van der Waals surface area contributed by atoms with Crippen LogP contribution in [0.5, 0.6) is 0 Å². The van der Waals surface area contributed by atoms with E-state index in [0.717, 1.165) is 26.2 Å². The van der Waals surface area contributed by atoms with E-state index in [-0.39, 0.29) is 11.9 Å². The minimum absolute atomic E-state index is 0.00113. The minimum atomic E-state index is -0.0303. The van der Waals surface area contributed by atoms with E-state index in [1.54, 1.807) is 4.68 Å². The maximum Gasteiger partial charge on any atom is 0.225 e. The van der Waals surface area contributed by atoms with Gasteiger partial charge in [-0.25, -0.2) is 0 Å². The second-order valence-electron chi connectivity index (χ2n) is 4.88. The Hall–Kier alpha value is -1.33. The highest BCUT2D eigenvalue weighted by molar-refractivity contribution is 7.16. The van der Waals surface area contributed by atoms with Crippen LogP contribution in [-0.2, 0) is 18.3 Å². The molecule has 1 amide bonds. The molecule has 0 saturated heterocycles. The first-order chi connectivity index (χ1) is 9.38. The lowest BCUT2D eigenvalue weighted by Crippen LogP contribution is -2.28. The highest BCUT2D eigenvalue weighted by Crippen LogP contribution is 2.26. The molecule has 0 aliphatic heterocycles. The van der Waals surface area contributed by atoms with Gasteiger partial charge in [0.25, 0.3) is 0 Å². The predicted molar refractivity (Wildman–Crippen MR) is 82.3 cm³/mol. The lowest BCUT2D eigenvalue weighted by Gasteiger charge is -2.12. The van der Waals surface area contributed by atoms with Crippen molar-refractivity contribution in [2.24, 2.45) is 7.05 Å². The number of aryl methyl sites for hydroxylation is 2. The normalized spacial score (nSPS) is 12.4. The fourth-order valence-corrected chi connectivity index (χ4v) is 3.22. The Morgan fingerprint density at radius 2 is 2.20 bits per heavy atom. The van der Waals surface area contributed by atoms with E-state index in [0.29, 0.717) is 6.42 Å². The molecule has 4 nitrogen and oxygen atoms in total. The molecule has 2 rings (SSSR count). The quantitative estimate of drug-likeness (QED) is 0.942. The summed E-state index contributed by atoms with van der Waals surface area (Å²) in [5, 5.41) is 7.32. The Kier molecular flexibility index (Phi) is 4.50. The maximum atomic E-state index is 12.1. The number of rotatable bonds is 4. The number of amides is 1. The molecular weight excluding hydrogens is 294 g/mol. The number of nitrogens with zero attached hydrogens (tertiary/aromatic N) is 2. The summed E-state index contributed by atoms with van der Waals surface area (Å²) in [6, 6.07) is 3.76. The number of hydrogen-bond donors (Lipinski definition) is 1. The summed E-state index contributed by atoms with van der Waals surface area (Å²) in [5.41, 5.74) is 2.94. The van der Waals surface area contributed by atoms with Crippen molar-refractivity contribution in [3.8, 4) is 0 Å². The van der Waals surface area contributed by atoms with Crippen molar-refractivity contribution in [1.82, 2.24) is 15.1 Å². The van der Waals surface area contributed by atoms with Gasteiger partial charge in [-0.2, -0.15) is 5.10 Å². The van der Waals surface area contributed by atoms with Crippen LogP contribution in [0.15, 0.2) is 12.1 Å². The third-order valence-electron chi connectivity index (χ3n) is 3.39. The monoisotopic (exact) mass is 311 g/mol. The fraction of sp³-hybridized carbons (Fsp3) is 0.429. The summed E-state index contributed by atoms with van der Waals surface area (Å²) < 4.78 is 2.54. The second kappa shape index (κ2) is 5.97. The Bertz CT molecular complexity index is 632. The Labute approximate surface area is 127 Å². The number of nitrogens with one attached hydrogen (secondary N) is 1. The molecule has 2 heterocycles. The van der Waals surface area contributed by atoms with Gasteiger partial charge in [-0.05, 0) is 32.9 Å². The van der Waals surface area contributed by atoms with Gasteiger partial charge in [0, 0.05) is 23.2 Å². The molecule has 0 radical (unpaired) electrons. The van der Waals surface area contributed by atoms with E-state index < -0.39 is 0 Å². The van der Waals surface area contributed by atoms with Crippen LogP contribution in [0.3, 0.4) is 0 Å². The van der Waals surface area contributed by atoms with E-state index in [4.69, 9.17) is 11.6 Å². The standard InChI is InChI=1S/C14H18ClN3OS/c1-8-11(10(3)18(4)17-8)7-14(19)16-9(2)12-5-6-13(15)20-12/h5-6,9H,7H2,1-4H3,(H,16,19)/t9-/m1/s1. The van der Waals surface area contributed by atoms with Crippen molar-refractivity contribution in [1.29, 1.82) is 0 Å². The van der Waals surface area contributed by atoms with Crippen LogP contribution in [0.25, 0.3) is 0 Å². The molecule has 0 aliphatic carbocycles. The average molecular weight is 312 g/mol. The first-order valence-electron chi connectivity index (χ1n) is 6.42. The Morgan fingerprint density at radius 1 is 1.50 bits per heavy atom. The topological polar surface area (TPSA) is 46.9 Å². The second-order valence-corrected chi connectivity index (χ2v) is 6.63. The van der Waals surface area contributed by atoms with Crippen LogP contribution < -0.4 is 5.32 Å². The van der Waals surface area contributed by atoms with E-state index in [1.807, 2.05) is 40.0 Å². The molecule has 0 fully saturated rings.